The van der Waals surface area contributed by atoms with Crippen LogP contribution in [0.15, 0.2) is 0 Å². The van der Waals surface area contributed by atoms with Crippen LogP contribution in [0.2, 0.25) is 0 Å². The van der Waals surface area contributed by atoms with Gasteiger partial charge in [-0.25, -0.2) is 4.39 Å². The number of methoxy groups -OCH3 is 1. The van der Waals surface area contributed by atoms with Gasteiger partial charge in [0, 0.05) is 14.0 Å². The van der Waals surface area contributed by atoms with Crippen molar-refractivity contribution in [2.45, 2.75) is 13.0 Å². The lowest BCUT2D eigenvalue weighted by atomic mass is 10.3. The topological polar surface area (TPSA) is 67.4 Å². The van der Waals surface area contributed by atoms with Gasteiger partial charge in [-0.15, -0.1) is 0 Å². The number of halogens is 1. The van der Waals surface area contributed by atoms with Crippen LogP contribution < -0.4 is 10.6 Å². The minimum Gasteiger partial charge on any atom is -0.382 e. The van der Waals surface area contributed by atoms with E-state index in [1.54, 1.807) is 0 Å². The van der Waals surface area contributed by atoms with Crippen molar-refractivity contribution in [2.75, 3.05) is 20.5 Å². The molecule has 0 aliphatic heterocycles. The molecule has 2 amide bonds. The van der Waals surface area contributed by atoms with E-state index in [0.29, 0.717) is 0 Å². The van der Waals surface area contributed by atoms with Crippen LogP contribution in [-0.4, -0.2) is 38.4 Å². The molecule has 0 aromatic carbocycles. The molecular formula is C7H13FN2O3. The van der Waals surface area contributed by atoms with Gasteiger partial charge in [0.05, 0.1) is 6.61 Å². The van der Waals surface area contributed by atoms with E-state index in [9.17, 15) is 14.0 Å². The zero-order valence-corrected chi connectivity index (χ0v) is 7.59. The van der Waals surface area contributed by atoms with E-state index in [1.807, 2.05) is 5.32 Å². The number of hydrogen-bond acceptors (Lipinski definition) is 3. The molecule has 0 radical (unpaired) electrons. The predicted octanol–water partition coefficient (Wildman–Crippen LogP) is -0.819. The number of rotatable bonds is 5. The largest absolute Gasteiger partial charge is 0.382 e. The second-order valence-corrected chi connectivity index (χ2v) is 2.38. The van der Waals surface area contributed by atoms with Crippen LogP contribution in [0.5, 0.6) is 0 Å². The van der Waals surface area contributed by atoms with Crippen LogP contribution in [0.1, 0.15) is 6.92 Å². The van der Waals surface area contributed by atoms with E-state index in [0.717, 1.165) is 0 Å². The average molecular weight is 192 g/mol. The van der Waals surface area contributed by atoms with Gasteiger partial charge in [0.2, 0.25) is 11.8 Å². The highest BCUT2D eigenvalue weighted by molar-refractivity contribution is 5.86. The van der Waals surface area contributed by atoms with E-state index in [1.165, 1.54) is 14.0 Å². The second kappa shape index (κ2) is 6.36. The number of nitrogens with one attached hydrogen (secondary N) is 2. The monoisotopic (exact) mass is 192 g/mol. The molecule has 0 bridgehead atoms. The highest BCUT2D eigenvalue weighted by Crippen LogP contribution is 1.86. The lowest BCUT2D eigenvalue weighted by molar-refractivity contribution is -0.129. The van der Waals surface area contributed by atoms with Crippen molar-refractivity contribution in [3.8, 4) is 0 Å². The third kappa shape index (κ3) is 5.13. The van der Waals surface area contributed by atoms with Crippen LogP contribution >= 0.6 is 0 Å². The Labute approximate surface area is 75.6 Å². The highest BCUT2D eigenvalue weighted by Gasteiger charge is 2.18. The molecule has 0 saturated heterocycles. The fourth-order valence-corrected chi connectivity index (χ4v) is 0.784. The lowest BCUT2D eigenvalue weighted by Crippen LogP contribution is -2.48. The van der Waals surface area contributed by atoms with Crippen molar-refractivity contribution < 1.29 is 18.7 Å². The Bertz CT molecular complexity index is 187. The second-order valence-electron chi connectivity index (χ2n) is 2.38. The lowest BCUT2D eigenvalue weighted by Gasteiger charge is -2.14. The van der Waals surface area contributed by atoms with Gasteiger partial charge in [-0.05, 0) is 0 Å². The molecule has 0 heterocycles. The summed E-state index contributed by atoms with van der Waals surface area (Å²) in [7, 11) is 1.39. The van der Waals surface area contributed by atoms with Gasteiger partial charge in [-0.1, -0.05) is 0 Å². The predicted molar refractivity (Wildman–Crippen MR) is 43.6 cm³/mol. The minimum absolute atomic E-state index is 0.0193. The third-order valence-electron chi connectivity index (χ3n) is 1.27. The smallest absolute Gasteiger partial charge is 0.246 e. The molecule has 6 heteroatoms. The van der Waals surface area contributed by atoms with E-state index in [2.05, 4.69) is 10.1 Å². The fourth-order valence-electron chi connectivity index (χ4n) is 0.784. The molecule has 0 rings (SSSR count). The average Bonchev–Trinajstić information content (AvgIpc) is 2.03. The molecule has 0 fully saturated rings. The molecule has 0 aliphatic rings. The van der Waals surface area contributed by atoms with Crippen molar-refractivity contribution in [3.05, 3.63) is 0 Å². The fraction of sp³-hybridized carbons (Fsp3) is 0.714. The SMILES string of the molecule is COC[C@@H](NC(C)=O)C(=O)NCF. The summed E-state index contributed by atoms with van der Waals surface area (Å²) < 4.78 is 16.4. The Kier molecular flexibility index (Phi) is 5.79. The standard InChI is InChI=1S/C7H13FN2O3/c1-5(11)10-6(3-13-2)7(12)9-4-8/h6H,3-4H2,1-2H3,(H,9,12)(H,10,11)/t6-/m1/s1. The van der Waals surface area contributed by atoms with Crippen molar-refractivity contribution in [1.29, 1.82) is 0 Å². The number of carbonyl (C=O) groups excluding carboxylic acids is 2. The van der Waals surface area contributed by atoms with Gasteiger partial charge in [-0.3, -0.25) is 9.59 Å². The zero-order valence-electron chi connectivity index (χ0n) is 7.59. The van der Waals surface area contributed by atoms with E-state index >= 15 is 0 Å². The minimum atomic E-state index is -0.960. The summed E-state index contributed by atoms with van der Waals surface area (Å²) in [6.07, 6.45) is 0. The first-order valence-corrected chi connectivity index (χ1v) is 3.71. The first-order chi connectivity index (χ1) is 6.11. The quantitative estimate of drug-likeness (QED) is 0.559. The van der Waals surface area contributed by atoms with Crippen LogP contribution in [0.4, 0.5) is 4.39 Å². The molecule has 0 saturated carbocycles. The van der Waals surface area contributed by atoms with Gasteiger partial charge >= 0.3 is 0 Å². The maximum Gasteiger partial charge on any atom is 0.246 e. The molecule has 2 N–H and O–H groups in total. The number of amides is 2. The van der Waals surface area contributed by atoms with Gasteiger partial charge in [0.15, 0.2) is 6.80 Å². The number of alkyl halides is 1. The molecule has 76 valence electrons. The maximum atomic E-state index is 11.7. The summed E-state index contributed by atoms with van der Waals surface area (Å²) in [4.78, 5) is 21.6. The summed E-state index contributed by atoms with van der Waals surface area (Å²) in [5.74, 6) is -0.962. The Morgan fingerprint density at radius 2 is 2.15 bits per heavy atom. The summed E-state index contributed by atoms with van der Waals surface area (Å²) in [6.45, 7) is 0.329. The van der Waals surface area contributed by atoms with E-state index in [4.69, 9.17) is 0 Å². The molecule has 13 heavy (non-hydrogen) atoms. The molecule has 0 spiro atoms. The Balaban J connectivity index is 4.06. The summed E-state index contributed by atoms with van der Waals surface area (Å²) in [6, 6.07) is -0.835. The van der Waals surface area contributed by atoms with Crippen LogP contribution in [-0.2, 0) is 14.3 Å². The van der Waals surface area contributed by atoms with Crippen molar-refractivity contribution in [1.82, 2.24) is 10.6 Å². The van der Waals surface area contributed by atoms with Gasteiger partial charge < -0.3 is 15.4 Å². The molecule has 0 aliphatic carbocycles. The van der Waals surface area contributed by atoms with Crippen LogP contribution in [0, 0.1) is 0 Å². The first kappa shape index (κ1) is 11.8. The van der Waals surface area contributed by atoms with E-state index in [-0.39, 0.29) is 12.5 Å². The Morgan fingerprint density at radius 3 is 2.54 bits per heavy atom. The number of hydrogen-bond donors (Lipinski definition) is 2. The summed E-state index contributed by atoms with van der Waals surface area (Å²) in [5, 5.41) is 4.26. The summed E-state index contributed by atoms with van der Waals surface area (Å²) >= 11 is 0. The van der Waals surface area contributed by atoms with Crippen LogP contribution in [0.25, 0.3) is 0 Å². The van der Waals surface area contributed by atoms with Crippen LogP contribution in [0.3, 0.4) is 0 Å². The Hall–Kier alpha value is -1.17. The first-order valence-electron chi connectivity index (χ1n) is 3.71. The molecular weight excluding hydrogens is 179 g/mol. The number of ether oxygens (including phenoxy) is 1. The maximum absolute atomic E-state index is 11.7. The van der Waals surface area contributed by atoms with Crippen molar-refractivity contribution in [3.63, 3.8) is 0 Å². The van der Waals surface area contributed by atoms with Gasteiger partial charge in [-0.2, -0.15) is 0 Å². The molecule has 0 aromatic rings. The van der Waals surface area contributed by atoms with Gasteiger partial charge in [0.1, 0.15) is 6.04 Å². The Morgan fingerprint density at radius 1 is 1.54 bits per heavy atom. The zero-order chi connectivity index (χ0) is 10.3. The highest BCUT2D eigenvalue weighted by atomic mass is 19.1. The van der Waals surface area contributed by atoms with E-state index < -0.39 is 18.7 Å². The molecule has 1 atom stereocenters. The molecule has 0 aromatic heterocycles. The molecule has 0 unspecified atom stereocenters. The summed E-state index contributed by atoms with van der Waals surface area (Å²) in [5.41, 5.74) is 0. The third-order valence-corrected chi connectivity index (χ3v) is 1.27. The normalized spacial score (nSPS) is 11.9. The molecule has 5 nitrogen and oxygen atoms in total. The number of carbonyl (C=O) groups is 2. The van der Waals surface area contributed by atoms with Crippen molar-refractivity contribution >= 4 is 11.8 Å². The van der Waals surface area contributed by atoms with Crippen molar-refractivity contribution in [2.24, 2.45) is 0 Å². The van der Waals surface area contributed by atoms with Gasteiger partial charge in [0.25, 0.3) is 0 Å².